The molecular formula is C18H27N3O3. The quantitative estimate of drug-likeness (QED) is 0.841. The maximum Gasteiger partial charge on any atom is 0.289 e. The van der Waals surface area contributed by atoms with Crippen molar-refractivity contribution in [2.45, 2.75) is 26.2 Å². The predicted octanol–water partition coefficient (Wildman–Crippen LogP) is 1.69. The first-order valence-corrected chi connectivity index (χ1v) is 8.96. The number of piperidine rings is 1. The van der Waals surface area contributed by atoms with Crippen LogP contribution in [0.25, 0.3) is 0 Å². The molecule has 0 aromatic carbocycles. The SMILES string of the molecule is CC1CCN(CCC(=O)N2CCN(C(=O)c3ccco3)CC2)CC1. The van der Waals surface area contributed by atoms with E-state index in [9.17, 15) is 9.59 Å². The minimum absolute atomic E-state index is 0.0884. The van der Waals surface area contributed by atoms with E-state index in [1.165, 1.54) is 19.1 Å². The molecule has 0 spiro atoms. The fourth-order valence-electron chi connectivity index (χ4n) is 3.41. The van der Waals surface area contributed by atoms with Crippen LogP contribution in [-0.4, -0.2) is 72.3 Å². The van der Waals surface area contributed by atoms with E-state index in [4.69, 9.17) is 4.42 Å². The second kappa shape index (κ2) is 7.83. The molecule has 2 aliphatic heterocycles. The number of likely N-dealkylation sites (tertiary alicyclic amines) is 1. The van der Waals surface area contributed by atoms with Crippen LogP contribution in [0.3, 0.4) is 0 Å². The van der Waals surface area contributed by atoms with Gasteiger partial charge in [0.2, 0.25) is 5.91 Å². The summed E-state index contributed by atoms with van der Waals surface area (Å²) < 4.78 is 5.16. The van der Waals surface area contributed by atoms with Gasteiger partial charge in [0.1, 0.15) is 0 Å². The minimum Gasteiger partial charge on any atom is -0.459 e. The largest absolute Gasteiger partial charge is 0.459 e. The summed E-state index contributed by atoms with van der Waals surface area (Å²) in [6.45, 7) is 7.76. The number of furan rings is 1. The standard InChI is InChI=1S/C18H27N3O3/c1-15-4-7-19(8-5-15)9-6-17(22)20-10-12-21(13-11-20)18(23)16-3-2-14-24-16/h2-3,14-15H,4-13H2,1H3. The van der Waals surface area contributed by atoms with Crippen LogP contribution in [0.5, 0.6) is 0 Å². The van der Waals surface area contributed by atoms with Crippen molar-refractivity contribution in [3.05, 3.63) is 24.2 Å². The van der Waals surface area contributed by atoms with Crippen molar-refractivity contribution in [2.75, 3.05) is 45.8 Å². The first-order valence-electron chi connectivity index (χ1n) is 8.96. The third-order valence-corrected chi connectivity index (χ3v) is 5.17. The third-order valence-electron chi connectivity index (χ3n) is 5.17. The van der Waals surface area contributed by atoms with Gasteiger partial charge in [0.05, 0.1) is 6.26 Å². The van der Waals surface area contributed by atoms with Crippen molar-refractivity contribution >= 4 is 11.8 Å². The minimum atomic E-state index is -0.0884. The van der Waals surface area contributed by atoms with E-state index < -0.39 is 0 Å². The highest BCUT2D eigenvalue weighted by Gasteiger charge is 2.26. The average molecular weight is 333 g/mol. The number of carbonyl (C=O) groups is 2. The van der Waals surface area contributed by atoms with Crippen molar-refractivity contribution in [3.8, 4) is 0 Å². The molecule has 0 N–H and O–H groups in total. The summed E-state index contributed by atoms with van der Waals surface area (Å²) in [6.07, 6.45) is 4.57. The average Bonchev–Trinajstić information content (AvgIpc) is 3.15. The second-order valence-corrected chi connectivity index (χ2v) is 6.92. The zero-order valence-electron chi connectivity index (χ0n) is 14.4. The van der Waals surface area contributed by atoms with E-state index in [1.807, 2.05) is 4.90 Å². The van der Waals surface area contributed by atoms with E-state index >= 15 is 0 Å². The maximum absolute atomic E-state index is 12.4. The van der Waals surface area contributed by atoms with E-state index in [0.29, 0.717) is 38.4 Å². The molecule has 2 amide bonds. The number of hydrogen-bond donors (Lipinski definition) is 0. The number of carbonyl (C=O) groups excluding carboxylic acids is 2. The predicted molar refractivity (Wildman–Crippen MR) is 90.6 cm³/mol. The molecule has 0 unspecified atom stereocenters. The summed E-state index contributed by atoms with van der Waals surface area (Å²) in [7, 11) is 0. The Bertz CT molecular complexity index is 542. The van der Waals surface area contributed by atoms with Crippen molar-refractivity contribution in [1.82, 2.24) is 14.7 Å². The highest BCUT2D eigenvalue weighted by molar-refractivity contribution is 5.91. The smallest absolute Gasteiger partial charge is 0.289 e. The molecule has 24 heavy (non-hydrogen) atoms. The Hall–Kier alpha value is -1.82. The van der Waals surface area contributed by atoms with Crippen LogP contribution in [0.2, 0.25) is 0 Å². The molecule has 0 aliphatic carbocycles. The number of nitrogens with zero attached hydrogens (tertiary/aromatic N) is 3. The maximum atomic E-state index is 12.4. The van der Waals surface area contributed by atoms with Crippen LogP contribution in [-0.2, 0) is 4.79 Å². The Kier molecular flexibility index (Phi) is 5.56. The van der Waals surface area contributed by atoms with Gasteiger partial charge in [0.15, 0.2) is 5.76 Å². The van der Waals surface area contributed by atoms with Crippen molar-refractivity contribution in [3.63, 3.8) is 0 Å². The van der Waals surface area contributed by atoms with E-state index in [0.717, 1.165) is 25.6 Å². The monoisotopic (exact) mass is 333 g/mol. The summed E-state index contributed by atoms with van der Waals surface area (Å²) in [4.78, 5) is 30.6. The number of piperazine rings is 1. The van der Waals surface area contributed by atoms with E-state index in [1.54, 1.807) is 17.0 Å². The third kappa shape index (κ3) is 4.17. The number of amides is 2. The second-order valence-electron chi connectivity index (χ2n) is 6.92. The normalized spacial score (nSPS) is 20.4. The molecule has 0 saturated carbocycles. The summed E-state index contributed by atoms with van der Waals surface area (Å²) in [6, 6.07) is 3.40. The van der Waals surface area contributed by atoms with Gasteiger partial charge >= 0.3 is 0 Å². The van der Waals surface area contributed by atoms with Gasteiger partial charge in [0.25, 0.3) is 5.91 Å². The molecule has 3 heterocycles. The van der Waals surface area contributed by atoms with Gasteiger partial charge in [-0.15, -0.1) is 0 Å². The van der Waals surface area contributed by atoms with Gasteiger partial charge in [-0.1, -0.05) is 6.92 Å². The number of rotatable bonds is 4. The molecule has 2 saturated heterocycles. The van der Waals surface area contributed by atoms with Gasteiger partial charge in [0, 0.05) is 39.1 Å². The molecule has 6 heteroatoms. The van der Waals surface area contributed by atoms with Crippen LogP contribution in [0.15, 0.2) is 22.8 Å². The van der Waals surface area contributed by atoms with Crippen LogP contribution in [0.4, 0.5) is 0 Å². The molecule has 0 atom stereocenters. The Morgan fingerprint density at radius 1 is 1.08 bits per heavy atom. The van der Waals surface area contributed by atoms with Crippen molar-refractivity contribution in [2.24, 2.45) is 5.92 Å². The molecule has 2 fully saturated rings. The Morgan fingerprint density at radius 3 is 2.38 bits per heavy atom. The molecule has 2 aliphatic rings. The summed E-state index contributed by atoms with van der Waals surface area (Å²) in [5, 5.41) is 0. The molecule has 0 bridgehead atoms. The van der Waals surface area contributed by atoms with Crippen LogP contribution in [0, 0.1) is 5.92 Å². The van der Waals surface area contributed by atoms with Crippen LogP contribution < -0.4 is 0 Å². The molecule has 3 rings (SSSR count). The van der Waals surface area contributed by atoms with Crippen LogP contribution in [0.1, 0.15) is 36.7 Å². The van der Waals surface area contributed by atoms with Crippen molar-refractivity contribution in [1.29, 1.82) is 0 Å². The first kappa shape index (κ1) is 17.0. The zero-order valence-corrected chi connectivity index (χ0v) is 14.4. The van der Waals surface area contributed by atoms with Gasteiger partial charge in [-0.25, -0.2) is 0 Å². The zero-order chi connectivity index (χ0) is 16.9. The van der Waals surface area contributed by atoms with Gasteiger partial charge < -0.3 is 19.1 Å². The molecule has 6 nitrogen and oxygen atoms in total. The molecular weight excluding hydrogens is 306 g/mol. The molecule has 1 aromatic rings. The molecule has 132 valence electrons. The molecule has 1 aromatic heterocycles. The van der Waals surface area contributed by atoms with E-state index in [2.05, 4.69) is 11.8 Å². The number of hydrogen-bond acceptors (Lipinski definition) is 4. The topological polar surface area (TPSA) is 57.0 Å². The van der Waals surface area contributed by atoms with Crippen molar-refractivity contribution < 1.29 is 14.0 Å². The van der Waals surface area contributed by atoms with Gasteiger partial charge in [-0.3, -0.25) is 9.59 Å². The lowest BCUT2D eigenvalue weighted by atomic mass is 9.99. The fraction of sp³-hybridized carbons (Fsp3) is 0.667. The lowest BCUT2D eigenvalue weighted by Crippen LogP contribution is -2.51. The Morgan fingerprint density at radius 2 is 1.75 bits per heavy atom. The fourth-order valence-corrected chi connectivity index (χ4v) is 3.41. The van der Waals surface area contributed by atoms with Gasteiger partial charge in [-0.2, -0.15) is 0 Å². The van der Waals surface area contributed by atoms with Crippen LogP contribution >= 0.6 is 0 Å². The summed E-state index contributed by atoms with van der Waals surface area (Å²) in [5.41, 5.74) is 0. The Balaban J connectivity index is 1.39. The lowest BCUT2D eigenvalue weighted by Gasteiger charge is -2.35. The summed E-state index contributed by atoms with van der Waals surface area (Å²) >= 11 is 0. The van der Waals surface area contributed by atoms with E-state index in [-0.39, 0.29) is 11.8 Å². The summed E-state index contributed by atoms with van der Waals surface area (Å²) in [5.74, 6) is 1.30. The molecule has 0 radical (unpaired) electrons. The highest BCUT2D eigenvalue weighted by atomic mass is 16.3. The first-order chi connectivity index (χ1) is 11.6. The highest BCUT2D eigenvalue weighted by Crippen LogP contribution is 2.16. The van der Waals surface area contributed by atoms with Gasteiger partial charge in [-0.05, 0) is 44.0 Å². The Labute approximate surface area is 143 Å². The lowest BCUT2D eigenvalue weighted by molar-refractivity contribution is -0.133.